The Labute approximate surface area is 162 Å². The third-order valence-corrected chi connectivity index (χ3v) is 6.68. The first-order valence-electron chi connectivity index (χ1n) is 9.46. The van der Waals surface area contributed by atoms with Crippen molar-refractivity contribution in [2.24, 2.45) is 5.92 Å². The number of thiophene rings is 1. The van der Waals surface area contributed by atoms with Crippen molar-refractivity contribution in [2.45, 2.75) is 33.1 Å². The molecule has 5 nitrogen and oxygen atoms in total. The molecule has 0 amide bonds. The van der Waals surface area contributed by atoms with Crippen LogP contribution < -0.4 is 4.90 Å². The van der Waals surface area contributed by atoms with Crippen molar-refractivity contribution in [1.82, 2.24) is 19.6 Å². The summed E-state index contributed by atoms with van der Waals surface area (Å²) < 4.78 is 1.92. The molecule has 27 heavy (non-hydrogen) atoms. The monoisotopic (exact) mass is 377 g/mol. The number of aryl methyl sites for hydroxylation is 2. The van der Waals surface area contributed by atoms with Gasteiger partial charge in [0.15, 0.2) is 11.5 Å². The zero-order valence-electron chi connectivity index (χ0n) is 16.2. The number of fused-ring (bicyclic) bond motifs is 5. The van der Waals surface area contributed by atoms with Crippen molar-refractivity contribution in [3.8, 4) is 11.4 Å². The minimum Gasteiger partial charge on any atom is -0.378 e. The van der Waals surface area contributed by atoms with Crippen LogP contribution in [0.5, 0.6) is 0 Å². The quantitative estimate of drug-likeness (QED) is 0.516. The summed E-state index contributed by atoms with van der Waals surface area (Å²) in [5, 5.41) is 6.00. The number of hydrogen-bond donors (Lipinski definition) is 0. The first kappa shape index (κ1) is 16.7. The molecule has 0 fully saturated rings. The van der Waals surface area contributed by atoms with Crippen molar-refractivity contribution in [3.63, 3.8) is 0 Å². The fourth-order valence-corrected chi connectivity index (χ4v) is 5.39. The van der Waals surface area contributed by atoms with E-state index in [2.05, 4.69) is 36.1 Å². The number of hydrogen-bond acceptors (Lipinski definition) is 5. The SMILES string of the molecule is Cc1nc2sc3c(c2c2nc(-c4ccc(N(C)C)cc4)nn12)CC[C@@H](C)C3. The van der Waals surface area contributed by atoms with Crippen LogP contribution in [0.4, 0.5) is 5.69 Å². The van der Waals surface area contributed by atoms with Gasteiger partial charge in [0.2, 0.25) is 0 Å². The van der Waals surface area contributed by atoms with Gasteiger partial charge < -0.3 is 4.90 Å². The van der Waals surface area contributed by atoms with Crippen LogP contribution in [0, 0.1) is 12.8 Å². The number of anilines is 1. The molecule has 0 unspecified atom stereocenters. The first-order valence-corrected chi connectivity index (χ1v) is 10.3. The highest BCUT2D eigenvalue weighted by atomic mass is 32.1. The van der Waals surface area contributed by atoms with Gasteiger partial charge in [-0.25, -0.2) is 9.97 Å². The van der Waals surface area contributed by atoms with E-state index in [0.29, 0.717) is 0 Å². The maximum absolute atomic E-state index is 4.95. The standard InChI is InChI=1S/C21H23N5S/c1-12-5-10-16-17(11-12)27-21-18(16)20-23-19(24-26(20)13(2)22-21)14-6-8-15(9-7-14)25(3)4/h6-9,12H,5,10-11H2,1-4H3/t12-/m1/s1. The summed E-state index contributed by atoms with van der Waals surface area (Å²) >= 11 is 1.84. The normalized spacial score (nSPS) is 16.8. The number of rotatable bonds is 2. The van der Waals surface area contributed by atoms with E-state index in [0.717, 1.165) is 46.4 Å². The highest BCUT2D eigenvalue weighted by molar-refractivity contribution is 7.19. The van der Waals surface area contributed by atoms with Crippen molar-refractivity contribution < 1.29 is 0 Å². The molecule has 6 heteroatoms. The topological polar surface area (TPSA) is 46.3 Å². The molecule has 0 spiro atoms. The number of nitrogens with zero attached hydrogens (tertiary/aromatic N) is 5. The molecule has 1 atom stereocenters. The summed E-state index contributed by atoms with van der Waals surface area (Å²) in [4.78, 5) is 14.5. The molecule has 0 saturated heterocycles. The fraction of sp³-hybridized carbons (Fsp3) is 0.381. The average molecular weight is 378 g/mol. The van der Waals surface area contributed by atoms with E-state index < -0.39 is 0 Å². The van der Waals surface area contributed by atoms with Crippen molar-refractivity contribution in [3.05, 3.63) is 40.5 Å². The summed E-state index contributed by atoms with van der Waals surface area (Å²) in [6.45, 7) is 4.36. The van der Waals surface area contributed by atoms with E-state index in [9.17, 15) is 0 Å². The van der Waals surface area contributed by atoms with Gasteiger partial charge in [-0.1, -0.05) is 6.92 Å². The zero-order chi connectivity index (χ0) is 18.7. The predicted octanol–water partition coefficient (Wildman–Crippen LogP) is 4.51. The highest BCUT2D eigenvalue weighted by Crippen LogP contribution is 2.39. The van der Waals surface area contributed by atoms with Gasteiger partial charge in [-0.2, -0.15) is 4.52 Å². The van der Waals surface area contributed by atoms with Crippen molar-refractivity contribution >= 4 is 32.9 Å². The van der Waals surface area contributed by atoms with E-state index in [1.807, 2.05) is 36.9 Å². The third-order valence-electron chi connectivity index (χ3n) is 5.54. The van der Waals surface area contributed by atoms with Gasteiger partial charge >= 0.3 is 0 Å². The summed E-state index contributed by atoms with van der Waals surface area (Å²) in [5.41, 5.74) is 4.61. The smallest absolute Gasteiger partial charge is 0.182 e. The molecule has 138 valence electrons. The Morgan fingerprint density at radius 1 is 1.15 bits per heavy atom. The summed E-state index contributed by atoms with van der Waals surface area (Å²) in [7, 11) is 4.09. The number of aromatic nitrogens is 4. The highest BCUT2D eigenvalue weighted by Gasteiger charge is 2.24. The molecular formula is C21H23N5S. The Morgan fingerprint density at radius 3 is 2.67 bits per heavy atom. The second kappa shape index (κ2) is 6.02. The van der Waals surface area contributed by atoms with Crippen LogP contribution in [0.1, 0.15) is 29.6 Å². The average Bonchev–Trinajstić information content (AvgIpc) is 3.22. The van der Waals surface area contributed by atoms with Crippen LogP contribution in [-0.2, 0) is 12.8 Å². The summed E-state index contributed by atoms with van der Waals surface area (Å²) in [6.07, 6.45) is 3.52. The van der Waals surface area contributed by atoms with Crippen LogP contribution in [0.3, 0.4) is 0 Å². The Morgan fingerprint density at radius 2 is 1.93 bits per heavy atom. The van der Waals surface area contributed by atoms with Gasteiger partial charge in [-0.3, -0.25) is 0 Å². The van der Waals surface area contributed by atoms with E-state index in [1.54, 1.807) is 0 Å². The largest absolute Gasteiger partial charge is 0.378 e. The zero-order valence-corrected chi connectivity index (χ0v) is 17.0. The lowest BCUT2D eigenvalue weighted by molar-refractivity contribution is 0.509. The van der Waals surface area contributed by atoms with Crippen molar-refractivity contribution in [2.75, 3.05) is 19.0 Å². The van der Waals surface area contributed by atoms with Gasteiger partial charge in [0, 0.05) is 30.2 Å². The Kier molecular flexibility index (Phi) is 3.72. The van der Waals surface area contributed by atoms with Crippen LogP contribution in [0.25, 0.3) is 27.3 Å². The van der Waals surface area contributed by atoms with Crippen LogP contribution in [-0.4, -0.2) is 33.7 Å². The molecule has 1 aliphatic rings. The Bertz CT molecular complexity index is 1150. The van der Waals surface area contributed by atoms with Crippen LogP contribution in [0.15, 0.2) is 24.3 Å². The molecule has 0 bridgehead atoms. The number of benzene rings is 1. The second-order valence-corrected chi connectivity index (χ2v) is 8.89. The minimum absolute atomic E-state index is 0.756. The van der Waals surface area contributed by atoms with Gasteiger partial charge in [-0.15, -0.1) is 16.4 Å². The summed E-state index contributed by atoms with van der Waals surface area (Å²) in [5.74, 6) is 2.42. The molecule has 1 aromatic carbocycles. The molecule has 3 aromatic heterocycles. The molecule has 0 N–H and O–H groups in total. The summed E-state index contributed by atoms with van der Waals surface area (Å²) in [6, 6.07) is 8.40. The van der Waals surface area contributed by atoms with E-state index in [1.165, 1.54) is 27.9 Å². The van der Waals surface area contributed by atoms with Gasteiger partial charge in [-0.05, 0) is 61.9 Å². The third kappa shape index (κ3) is 2.62. The molecule has 0 radical (unpaired) electrons. The molecule has 0 saturated carbocycles. The molecule has 3 heterocycles. The molecule has 0 aliphatic heterocycles. The maximum atomic E-state index is 4.95. The van der Waals surface area contributed by atoms with Crippen LogP contribution >= 0.6 is 11.3 Å². The van der Waals surface area contributed by atoms with Crippen LogP contribution in [0.2, 0.25) is 0 Å². The van der Waals surface area contributed by atoms with E-state index >= 15 is 0 Å². The Balaban J connectivity index is 1.70. The maximum Gasteiger partial charge on any atom is 0.182 e. The molecule has 1 aliphatic carbocycles. The first-order chi connectivity index (χ1) is 13.0. The fourth-order valence-electron chi connectivity index (χ4n) is 3.97. The minimum atomic E-state index is 0.756. The van der Waals surface area contributed by atoms with Crippen molar-refractivity contribution in [1.29, 1.82) is 0 Å². The van der Waals surface area contributed by atoms with E-state index in [-0.39, 0.29) is 0 Å². The lowest BCUT2D eigenvalue weighted by atomic mass is 9.89. The second-order valence-electron chi connectivity index (χ2n) is 7.80. The lowest BCUT2D eigenvalue weighted by Gasteiger charge is -2.17. The molecular weight excluding hydrogens is 354 g/mol. The molecule has 5 rings (SSSR count). The predicted molar refractivity (Wildman–Crippen MR) is 112 cm³/mol. The van der Waals surface area contributed by atoms with Gasteiger partial charge in [0.1, 0.15) is 10.7 Å². The van der Waals surface area contributed by atoms with Gasteiger partial charge in [0.25, 0.3) is 0 Å². The Hall–Kier alpha value is -2.47. The van der Waals surface area contributed by atoms with Gasteiger partial charge in [0.05, 0.1) is 5.39 Å². The van der Waals surface area contributed by atoms with E-state index in [4.69, 9.17) is 15.1 Å². The lowest BCUT2D eigenvalue weighted by Crippen LogP contribution is -2.08. The molecule has 4 aromatic rings.